The lowest BCUT2D eigenvalue weighted by molar-refractivity contribution is 0.421. The zero-order valence-electron chi connectivity index (χ0n) is 9.07. The monoisotopic (exact) mass is 234 g/mol. The van der Waals surface area contributed by atoms with E-state index >= 15 is 0 Å². The van der Waals surface area contributed by atoms with Crippen LogP contribution in [0.4, 0.5) is 0 Å². The van der Waals surface area contributed by atoms with E-state index in [-0.39, 0.29) is 4.87 Å². The molecule has 1 aliphatic carbocycles. The number of aliphatic hydroxyl groups excluding tert-OH is 1. The molecule has 16 heavy (non-hydrogen) atoms. The van der Waals surface area contributed by atoms with Crippen LogP contribution in [-0.4, -0.2) is 9.98 Å². The van der Waals surface area contributed by atoms with Crippen LogP contribution < -0.4 is 0 Å². The zero-order valence-corrected chi connectivity index (χ0v) is 9.82. The third-order valence-electron chi connectivity index (χ3n) is 2.88. The second-order valence-corrected chi connectivity index (χ2v) is 4.94. The Morgan fingerprint density at radius 2 is 2.00 bits per heavy atom. The standard InChI is InChI=1S/C14H15ClO/c15-14(10-7-13(16)8-11-14)9-6-12-4-2-1-3-5-12/h1-5,7-8,10,16H,6,9,11H2. The number of hydrogen-bond acceptors (Lipinski definition) is 1. The second kappa shape index (κ2) is 4.75. The lowest BCUT2D eigenvalue weighted by Crippen LogP contribution is -2.20. The number of alkyl halides is 1. The summed E-state index contributed by atoms with van der Waals surface area (Å²) in [6, 6.07) is 10.3. The van der Waals surface area contributed by atoms with Gasteiger partial charge in [-0.25, -0.2) is 0 Å². The van der Waals surface area contributed by atoms with Gasteiger partial charge in [-0.1, -0.05) is 36.4 Å². The molecule has 1 unspecified atom stereocenters. The zero-order chi connectivity index (χ0) is 11.4. The van der Waals surface area contributed by atoms with Gasteiger partial charge in [0.2, 0.25) is 0 Å². The van der Waals surface area contributed by atoms with Crippen molar-refractivity contribution >= 4 is 11.6 Å². The molecule has 1 atom stereocenters. The van der Waals surface area contributed by atoms with E-state index in [0.29, 0.717) is 12.2 Å². The maximum absolute atomic E-state index is 9.24. The van der Waals surface area contributed by atoms with E-state index in [0.717, 1.165) is 12.8 Å². The van der Waals surface area contributed by atoms with E-state index in [9.17, 15) is 5.11 Å². The van der Waals surface area contributed by atoms with Crippen molar-refractivity contribution in [2.24, 2.45) is 0 Å². The first-order chi connectivity index (χ1) is 7.68. The van der Waals surface area contributed by atoms with Gasteiger partial charge in [0.15, 0.2) is 0 Å². The van der Waals surface area contributed by atoms with E-state index in [1.54, 1.807) is 12.2 Å². The van der Waals surface area contributed by atoms with Gasteiger partial charge >= 0.3 is 0 Å². The van der Waals surface area contributed by atoms with Gasteiger partial charge in [-0.05, 0) is 37.0 Å². The topological polar surface area (TPSA) is 20.2 Å². The van der Waals surface area contributed by atoms with Crippen LogP contribution in [0.5, 0.6) is 0 Å². The van der Waals surface area contributed by atoms with E-state index in [1.807, 2.05) is 24.3 Å². The summed E-state index contributed by atoms with van der Waals surface area (Å²) in [5, 5.41) is 9.24. The number of benzene rings is 1. The average Bonchev–Trinajstić information content (AvgIpc) is 2.33. The van der Waals surface area contributed by atoms with Gasteiger partial charge in [0, 0.05) is 0 Å². The van der Waals surface area contributed by atoms with Gasteiger partial charge in [0.05, 0.1) is 4.87 Å². The van der Waals surface area contributed by atoms with Crippen molar-refractivity contribution in [1.29, 1.82) is 0 Å². The fourth-order valence-electron chi connectivity index (χ4n) is 1.83. The summed E-state index contributed by atoms with van der Waals surface area (Å²) in [5.74, 6) is 0.316. The highest BCUT2D eigenvalue weighted by atomic mass is 35.5. The lowest BCUT2D eigenvalue weighted by atomic mass is 9.92. The number of aryl methyl sites for hydroxylation is 1. The van der Waals surface area contributed by atoms with Gasteiger partial charge in [0.1, 0.15) is 5.76 Å². The highest BCUT2D eigenvalue weighted by molar-refractivity contribution is 6.25. The Morgan fingerprint density at radius 1 is 1.25 bits per heavy atom. The van der Waals surface area contributed by atoms with E-state index in [2.05, 4.69) is 12.1 Å². The quantitative estimate of drug-likeness (QED) is 0.784. The molecule has 0 aliphatic heterocycles. The third-order valence-corrected chi connectivity index (χ3v) is 3.34. The Morgan fingerprint density at radius 3 is 2.62 bits per heavy atom. The van der Waals surface area contributed by atoms with Crippen LogP contribution in [0.1, 0.15) is 18.4 Å². The number of hydrogen-bond donors (Lipinski definition) is 1. The normalized spacial score (nSPS) is 24.2. The first-order valence-corrected chi connectivity index (χ1v) is 5.87. The SMILES string of the molecule is OC1=CCC(Cl)(CCc2ccccc2)C=C1. The van der Waals surface area contributed by atoms with E-state index in [1.165, 1.54) is 5.56 Å². The van der Waals surface area contributed by atoms with Gasteiger partial charge in [-0.3, -0.25) is 0 Å². The molecular formula is C14H15ClO. The molecule has 1 aromatic rings. The summed E-state index contributed by atoms with van der Waals surface area (Å²) in [4.78, 5) is -0.331. The minimum atomic E-state index is -0.331. The third kappa shape index (κ3) is 2.89. The minimum absolute atomic E-state index is 0.316. The molecule has 0 amide bonds. The molecule has 1 aliphatic rings. The van der Waals surface area contributed by atoms with Crippen LogP contribution in [0.2, 0.25) is 0 Å². The molecule has 0 fully saturated rings. The number of aliphatic hydroxyl groups is 1. The Labute approximate surface area is 101 Å². The second-order valence-electron chi connectivity index (χ2n) is 4.19. The molecule has 84 valence electrons. The van der Waals surface area contributed by atoms with Crippen molar-refractivity contribution in [3.8, 4) is 0 Å². The number of rotatable bonds is 3. The van der Waals surface area contributed by atoms with Crippen molar-refractivity contribution in [3.05, 3.63) is 59.9 Å². The molecule has 0 bridgehead atoms. The highest BCUT2D eigenvalue weighted by Gasteiger charge is 2.24. The average molecular weight is 235 g/mol. The largest absolute Gasteiger partial charge is 0.508 e. The summed E-state index contributed by atoms with van der Waals surface area (Å²) in [5.41, 5.74) is 1.30. The summed E-state index contributed by atoms with van der Waals surface area (Å²) in [7, 11) is 0. The molecule has 1 N–H and O–H groups in total. The van der Waals surface area contributed by atoms with Crippen molar-refractivity contribution in [3.63, 3.8) is 0 Å². The molecule has 1 nitrogen and oxygen atoms in total. The van der Waals surface area contributed by atoms with Crippen molar-refractivity contribution in [2.45, 2.75) is 24.1 Å². The molecule has 1 aromatic carbocycles. The van der Waals surface area contributed by atoms with Gasteiger partial charge < -0.3 is 5.11 Å². The number of halogens is 1. The molecule has 0 saturated heterocycles. The lowest BCUT2D eigenvalue weighted by Gasteiger charge is -2.24. The predicted octanol–water partition coefficient (Wildman–Crippen LogP) is 4.00. The van der Waals surface area contributed by atoms with Crippen molar-refractivity contribution < 1.29 is 5.11 Å². The van der Waals surface area contributed by atoms with Gasteiger partial charge in [0.25, 0.3) is 0 Å². The molecule has 0 saturated carbocycles. The molecule has 0 aromatic heterocycles. The van der Waals surface area contributed by atoms with Crippen LogP contribution in [-0.2, 0) is 6.42 Å². The van der Waals surface area contributed by atoms with Gasteiger partial charge in [-0.15, -0.1) is 11.6 Å². The van der Waals surface area contributed by atoms with Crippen LogP contribution in [0.15, 0.2) is 54.3 Å². The van der Waals surface area contributed by atoms with Crippen molar-refractivity contribution in [2.75, 3.05) is 0 Å². The highest BCUT2D eigenvalue weighted by Crippen LogP contribution is 2.31. The first-order valence-electron chi connectivity index (χ1n) is 5.49. The van der Waals surface area contributed by atoms with Crippen LogP contribution in [0.25, 0.3) is 0 Å². The Kier molecular flexibility index (Phi) is 3.35. The van der Waals surface area contributed by atoms with E-state index < -0.39 is 0 Å². The predicted molar refractivity (Wildman–Crippen MR) is 67.8 cm³/mol. The molecule has 0 heterocycles. The molecule has 2 rings (SSSR count). The molecule has 0 spiro atoms. The minimum Gasteiger partial charge on any atom is -0.508 e. The van der Waals surface area contributed by atoms with Crippen LogP contribution >= 0.6 is 11.6 Å². The van der Waals surface area contributed by atoms with Crippen molar-refractivity contribution in [1.82, 2.24) is 0 Å². The van der Waals surface area contributed by atoms with E-state index in [4.69, 9.17) is 11.6 Å². The summed E-state index contributed by atoms with van der Waals surface area (Å²) in [6.07, 6.45) is 7.90. The fraction of sp³-hybridized carbons (Fsp3) is 0.286. The Hall–Kier alpha value is -1.21. The molecule has 0 radical (unpaired) electrons. The first kappa shape index (κ1) is 11.3. The van der Waals surface area contributed by atoms with Crippen LogP contribution in [0, 0.1) is 0 Å². The fourth-order valence-corrected chi connectivity index (χ4v) is 2.06. The van der Waals surface area contributed by atoms with Crippen LogP contribution in [0.3, 0.4) is 0 Å². The maximum Gasteiger partial charge on any atom is 0.111 e. The molecular weight excluding hydrogens is 220 g/mol. The maximum atomic E-state index is 9.24. The summed E-state index contributed by atoms with van der Waals surface area (Å²) >= 11 is 6.45. The summed E-state index contributed by atoms with van der Waals surface area (Å²) < 4.78 is 0. The Bertz CT molecular complexity index is 408. The number of allylic oxidation sites excluding steroid dienone is 3. The smallest absolute Gasteiger partial charge is 0.111 e. The summed E-state index contributed by atoms with van der Waals surface area (Å²) in [6.45, 7) is 0. The Balaban J connectivity index is 1.94. The molecule has 2 heteroatoms. The van der Waals surface area contributed by atoms with Gasteiger partial charge in [-0.2, -0.15) is 0 Å².